The van der Waals surface area contributed by atoms with Crippen LogP contribution in [0.15, 0.2) is 12.2 Å². The second kappa shape index (κ2) is 7.04. The molecule has 2 atom stereocenters. The van der Waals surface area contributed by atoms with Crippen LogP contribution in [0.5, 0.6) is 0 Å². The van der Waals surface area contributed by atoms with E-state index in [0.29, 0.717) is 12.3 Å². The van der Waals surface area contributed by atoms with Gasteiger partial charge in [-0.1, -0.05) is 32.4 Å². The highest BCUT2D eigenvalue weighted by Crippen LogP contribution is 2.10. The van der Waals surface area contributed by atoms with Crippen molar-refractivity contribution >= 4 is 6.29 Å². The quantitative estimate of drug-likeness (QED) is 0.488. The van der Waals surface area contributed by atoms with Crippen molar-refractivity contribution in [3.05, 3.63) is 12.2 Å². The van der Waals surface area contributed by atoms with Crippen LogP contribution in [0.2, 0.25) is 0 Å². The third-order valence-electron chi connectivity index (χ3n) is 1.93. The number of aliphatic hydroxyl groups excluding tert-OH is 1. The minimum Gasteiger partial charge on any atom is -0.389 e. The number of rotatable bonds is 6. The molecule has 0 aliphatic carbocycles. The van der Waals surface area contributed by atoms with Crippen molar-refractivity contribution in [2.75, 3.05) is 0 Å². The highest BCUT2D eigenvalue weighted by molar-refractivity contribution is 5.51. The number of aldehydes is 1. The summed E-state index contributed by atoms with van der Waals surface area (Å²) in [5.41, 5.74) is 0. The molecular weight excluding hydrogens is 152 g/mol. The lowest BCUT2D eigenvalue weighted by Gasteiger charge is -2.10. The van der Waals surface area contributed by atoms with Gasteiger partial charge in [0.15, 0.2) is 0 Å². The fourth-order valence-corrected chi connectivity index (χ4v) is 0.949. The zero-order valence-corrected chi connectivity index (χ0v) is 7.86. The molecule has 0 aliphatic rings. The van der Waals surface area contributed by atoms with E-state index in [2.05, 4.69) is 13.8 Å². The highest BCUT2D eigenvalue weighted by atomic mass is 16.3. The van der Waals surface area contributed by atoms with Gasteiger partial charge in [-0.25, -0.2) is 0 Å². The summed E-state index contributed by atoms with van der Waals surface area (Å²) in [5, 5.41) is 9.37. The molecule has 0 aromatic carbocycles. The first-order valence-electron chi connectivity index (χ1n) is 4.49. The first kappa shape index (κ1) is 11.4. The Labute approximate surface area is 74.3 Å². The maximum Gasteiger partial charge on any atom is 0.123 e. The lowest BCUT2D eigenvalue weighted by Crippen LogP contribution is -2.07. The number of hydrogen-bond acceptors (Lipinski definition) is 2. The molecule has 0 saturated heterocycles. The molecular formula is C10H18O2. The van der Waals surface area contributed by atoms with E-state index in [1.165, 1.54) is 0 Å². The molecule has 0 radical (unpaired) electrons. The molecule has 12 heavy (non-hydrogen) atoms. The third-order valence-corrected chi connectivity index (χ3v) is 1.93. The van der Waals surface area contributed by atoms with Crippen molar-refractivity contribution in [2.24, 2.45) is 5.92 Å². The molecule has 2 nitrogen and oxygen atoms in total. The van der Waals surface area contributed by atoms with Crippen LogP contribution in [-0.2, 0) is 4.79 Å². The number of aliphatic hydroxyl groups is 1. The predicted octanol–water partition coefficient (Wildman–Crippen LogP) is 1.93. The van der Waals surface area contributed by atoms with Gasteiger partial charge in [0.1, 0.15) is 6.29 Å². The SMILES string of the molecule is CCC(C)CC(O)C=CCC=O. The molecule has 0 spiro atoms. The van der Waals surface area contributed by atoms with E-state index < -0.39 is 0 Å². The number of allylic oxidation sites excluding steroid dienone is 1. The van der Waals surface area contributed by atoms with Crippen LogP contribution >= 0.6 is 0 Å². The van der Waals surface area contributed by atoms with Crippen molar-refractivity contribution in [1.29, 1.82) is 0 Å². The average molecular weight is 170 g/mol. The Morgan fingerprint density at radius 1 is 1.50 bits per heavy atom. The third kappa shape index (κ3) is 6.10. The molecule has 0 fully saturated rings. The molecule has 2 unspecified atom stereocenters. The molecule has 1 N–H and O–H groups in total. The van der Waals surface area contributed by atoms with Crippen molar-refractivity contribution in [3.63, 3.8) is 0 Å². The molecule has 70 valence electrons. The minimum absolute atomic E-state index is 0.389. The van der Waals surface area contributed by atoms with Gasteiger partial charge in [-0.3, -0.25) is 0 Å². The zero-order valence-electron chi connectivity index (χ0n) is 7.86. The van der Waals surface area contributed by atoms with Crippen molar-refractivity contribution < 1.29 is 9.90 Å². The van der Waals surface area contributed by atoms with E-state index in [9.17, 15) is 9.90 Å². The standard InChI is InChI=1S/C10H18O2/c1-3-9(2)8-10(12)6-4-5-7-11/h4,6-7,9-10,12H,3,5,8H2,1-2H3. The monoisotopic (exact) mass is 170 g/mol. The van der Waals surface area contributed by atoms with Crippen molar-refractivity contribution in [1.82, 2.24) is 0 Å². The zero-order chi connectivity index (χ0) is 9.40. The Hall–Kier alpha value is -0.630. The summed E-state index contributed by atoms with van der Waals surface area (Å²) in [7, 11) is 0. The van der Waals surface area contributed by atoms with Gasteiger partial charge in [0.2, 0.25) is 0 Å². The Morgan fingerprint density at radius 3 is 2.67 bits per heavy atom. The van der Waals surface area contributed by atoms with Crippen molar-refractivity contribution in [2.45, 2.75) is 39.2 Å². The van der Waals surface area contributed by atoms with Crippen LogP contribution in [0, 0.1) is 5.92 Å². The molecule has 0 aromatic heterocycles. The fraction of sp³-hybridized carbons (Fsp3) is 0.700. The van der Waals surface area contributed by atoms with Crippen LogP contribution in [0.4, 0.5) is 0 Å². The van der Waals surface area contributed by atoms with Crippen molar-refractivity contribution in [3.8, 4) is 0 Å². The Kier molecular flexibility index (Phi) is 6.67. The largest absolute Gasteiger partial charge is 0.389 e. The summed E-state index contributed by atoms with van der Waals surface area (Å²) in [4.78, 5) is 9.93. The summed E-state index contributed by atoms with van der Waals surface area (Å²) in [6.07, 6.45) is 6.11. The second-order valence-electron chi connectivity index (χ2n) is 3.15. The normalized spacial score (nSPS) is 16.2. The fourth-order valence-electron chi connectivity index (χ4n) is 0.949. The summed E-state index contributed by atoms with van der Waals surface area (Å²) in [6, 6.07) is 0. The first-order valence-corrected chi connectivity index (χ1v) is 4.49. The molecule has 0 amide bonds. The number of hydrogen-bond donors (Lipinski definition) is 1. The lowest BCUT2D eigenvalue weighted by atomic mass is 10.0. The topological polar surface area (TPSA) is 37.3 Å². The first-order chi connectivity index (χ1) is 5.70. The summed E-state index contributed by atoms with van der Waals surface area (Å²) < 4.78 is 0. The number of carbonyl (C=O) groups excluding carboxylic acids is 1. The van der Waals surface area contributed by atoms with Crippen LogP contribution in [0.25, 0.3) is 0 Å². The van der Waals surface area contributed by atoms with Gasteiger partial charge in [0, 0.05) is 6.42 Å². The van der Waals surface area contributed by atoms with Crippen LogP contribution < -0.4 is 0 Å². The highest BCUT2D eigenvalue weighted by Gasteiger charge is 2.04. The van der Waals surface area contributed by atoms with E-state index in [-0.39, 0.29) is 6.10 Å². The van der Waals surface area contributed by atoms with Crippen LogP contribution in [0.1, 0.15) is 33.1 Å². The van der Waals surface area contributed by atoms with E-state index in [4.69, 9.17) is 0 Å². The van der Waals surface area contributed by atoms with Gasteiger partial charge in [0.25, 0.3) is 0 Å². The lowest BCUT2D eigenvalue weighted by molar-refractivity contribution is -0.107. The minimum atomic E-state index is -0.389. The molecule has 0 heterocycles. The molecule has 0 aromatic rings. The van der Waals surface area contributed by atoms with E-state index in [0.717, 1.165) is 19.1 Å². The average Bonchev–Trinajstić information content (AvgIpc) is 2.05. The maximum atomic E-state index is 9.93. The van der Waals surface area contributed by atoms with Crippen LogP contribution in [0.3, 0.4) is 0 Å². The Balaban J connectivity index is 3.57. The molecule has 0 saturated carbocycles. The molecule has 2 heteroatoms. The van der Waals surface area contributed by atoms with Gasteiger partial charge in [-0.2, -0.15) is 0 Å². The molecule has 0 aliphatic heterocycles. The maximum absolute atomic E-state index is 9.93. The number of carbonyl (C=O) groups is 1. The van der Waals surface area contributed by atoms with E-state index in [1.807, 2.05) is 0 Å². The van der Waals surface area contributed by atoms with Gasteiger partial charge < -0.3 is 9.90 Å². The molecule has 0 rings (SSSR count). The predicted molar refractivity (Wildman–Crippen MR) is 49.9 cm³/mol. The molecule has 0 bridgehead atoms. The Bertz CT molecular complexity index is 141. The summed E-state index contributed by atoms with van der Waals surface area (Å²) in [5.74, 6) is 0.542. The van der Waals surface area contributed by atoms with Crippen LogP contribution in [-0.4, -0.2) is 17.5 Å². The van der Waals surface area contributed by atoms with Gasteiger partial charge in [-0.05, 0) is 12.3 Å². The summed E-state index contributed by atoms with van der Waals surface area (Å²) in [6.45, 7) is 4.21. The summed E-state index contributed by atoms with van der Waals surface area (Å²) >= 11 is 0. The van der Waals surface area contributed by atoms with Gasteiger partial charge in [0.05, 0.1) is 6.10 Å². The van der Waals surface area contributed by atoms with E-state index in [1.54, 1.807) is 12.2 Å². The second-order valence-corrected chi connectivity index (χ2v) is 3.15. The van der Waals surface area contributed by atoms with Gasteiger partial charge in [-0.15, -0.1) is 0 Å². The van der Waals surface area contributed by atoms with Gasteiger partial charge >= 0.3 is 0 Å². The smallest absolute Gasteiger partial charge is 0.123 e. The Morgan fingerprint density at radius 2 is 2.17 bits per heavy atom. The van der Waals surface area contributed by atoms with E-state index >= 15 is 0 Å².